The number of methoxy groups -OCH3 is 1. The van der Waals surface area contributed by atoms with Gasteiger partial charge in [-0.15, -0.1) is 0 Å². The predicted molar refractivity (Wildman–Crippen MR) is 122 cm³/mol. The van der Waals surface area contributed by atoms with Crippen LogP contribution < -0.4 is 19.9 Å². The Balaban J connectivity index is 1.89. The van der Waals surface area contributed by atoms with Gasteiger partial charge in [0.1, 0.15) is 5.57 Å². The largest absolute Gasteiger partial charge is 0.493 e. The van der Waals surface area contributed by atoms with Crippen LogP contribution in [0.2, 0.25) is 0 Å². The number of hydrazine groups is 1. The number of anilines is 1. The number of hydrogen-bond acceptors (Lipinski definition) is 6. The molecule has 31 heavy (non-hydrogen) atoms. The lowest BCUT2D eigenvalue weighted by atomic mass is 10.1. The van der Waals surface area contributed by atoms with Crippen LogP contribution in [0.1, 0.15) is 19.4 Å². The molecular weight excluding hydrogens is 515 g/mol. The zero-order valence-corrected chi connectivity index (χ0v) is 19.3. The summed E-state index contributed by atoms with van der Waals surface area (Å²) in [4.78, 5) is 37.1. The second-order valence-electron chi connectivity index (χ2n) is 6.52. The maximum atomic E-state index is 12.8. The highest BCUT2D eigenvalue weighted by atomic mass is 127. The number of nitrogens with one attached hydrogen (secondary N) is 1. The average molecular weight is 536 g/mol. The van der Waals surface area contributed by atoms with Gasteiger partial charge in [0, 0.05) is 0 Å². The van der Waals surface area contributed by atoms with Gasteiger partial charge in [-0.2, -0.15) is 0 Å². The zero-order chi connectivity index (χ0) is 22.5. The second kappa shape index (κ2) is 9.82. The van der Waals surface area contributed by atoms with Gasteiger partial charge in [-0.05, 0) is 72.3 Å². The maximum absolute atomic E-state index is 12.8. The van der Waals surface area contributed by atoms with E-state index >= 15 is 0 Å². The molecule has 0 saturated carbocycles. The summed E-state index contributed by atoms with van der Waals surface area (Å²) in [6, 6.07) is 12.2. The maximum Gasteiger partial charge on any atom is 0.347 e. The van der Waals surface area contributed by atoms with Crippen LogP contribution in [0.25, 0.3) is 6.08 Å². The summed E-state index contributed by atoms with van der Waals surface area (Å²) in [5.74, 6) is -0.708. The van der Waals surface area contributed by atoms with Crippen molar-refractivity contribution in [1.82, 2.24) is 5.43 Å². The quantitative estimate of drug-likeness (QED) is 0.253. The van der Waals surface area contributed by atoms with Gasteiger partial charge in [0.05, 0.1) is 23.0 Å². The number of ether oxygens (including phenoxy) is 3. The molecule has 162 valence electrons. The summed E-state index contributed by atoms with van der Waals surface area (Å²) in [5.41, 5.74) is 3.70. The van der Waals surface area contributed by atoms with Gasteiger partial charge in [0.2, 0.25) is 0 Å². The molecule has 0 spiro atoms. The van der Waals surface area contributed by atoms with Gasteiger partial charge < -0.3 is 14.2 Å². The Morgan fingerprint density at radius 3 is 2.58 bits per heavy atom. The molecular formula is C22H21IN2O6. The van der Waals surface area contributed by atoms with Crippen molar-refractivity contribution in [3.8, 4) is 11.5 Å². The third-order valence-electron chi connectivity index (χ3n) is 4.38. The lowest BCUT2D eigenvalue weighted by Gasteiger charge is -2.17. The zero-order valence-electron chi connectivity index (χ0n) is 17.2. The highest BCUT2D eigenvalue weighted by Crippen LogP contribution is 2.36. The molecule has 2 amide bonds. The monoisotopic (exact) mass is 536 g/mol. The first-order valence-electron chi connectivity index (χ1n) is 9.48. The van der Waals surface area contributed by atoms with E-state index < -0.39 is 23.9 Å². The molecule has 2 aromatic carbocycles. The van der Waals surface area contributed by atoms with Crippen molar-refractivity contribution in [1.29, 1.82) is 0 Å². The predicted octanol–water partition coefficient (Wildman–Crippen LogP) is 3.09. The minimum Gasteiger partial charge on any atom is -0.493 e. The lowest BCUT2D eigenvalue weighted by Crippen LogP contribution is -2.35. The molecule has 0 radical (unpaired) electrons. The molecule has 2 aromatic rings. The van der Waals surface area contributed by atoms with Crippen LogP contribution in [-0.4, -0.2) is 37.6 Å². The van der Waals surface area contributed by atoms with Crippen LogP contribution >= 0.6 is 22.6 Å². The van der Waals surface area contributed by atoms with E-state index in [0.29, 0.717) is 26.3 Å². The molecule has 3 rings (SSSR count). The van der Waals surface area contributed by atoms with E-state index in [-0.39, 0.29) is 12.2 Å². The Hall–Kier alpha value is -3.08. The fourth-order valence-corrected chi connectivity index (χ4v) is 3.66. The third-order valence-corrected chi connectivity index (χ3v) is 5.18. The van der Waals surface area contributed by atoms with Crippen molar-refractivity contribution in [2.45, 2.75) is 20.0 Å². The van der Waals surface area contributed by atoms with Gasteiger partial charge in [-0.1, -0.05) is 18.2 Å². The molecule has 0 bridgehead atoms. The summed E-state index contributed by atoms with van der Waals surface area (Å²) in [6.07, 6.45) is 0.664. The van der Waals surface area contributed by atoms with Crippen LogP contribution in [0.3, 0.4) is 0 Å². The highest BCUT2D eigenvalue weighted by molar-refractivity contribution is 14.1. The fraction of sp³-hybridized carbons (Fsp3) is 0.227. The molecule has 0 aromatic heterocycles. The van der Waals surface area contributed by atoms with Crippen molar-refractivity contribution < 1.29 is 28.6 Å². The molecule has 1 saturated heterocycles. The van der Waals surface area contributed by atoms with E-state index in [1.165, 1.54) is 18.2 Å². The van der Waals surface area contributed by atoms with Gasteiger partial charge in [0.15, 0.2) is 17.6 Å². The van der Waals surface area contributed by atoms with Gasteiger partial charge in [-0.25, -0.2) is 9.80 Å². The van der Waals surface area contributed by atoms with Crippen molar-refractivity contribution in [2.75, 3.05) is 18.7 Å². The number of nitrogens with zero attached hydrogens (tertiary/aromatic N) is 1. The first kappa shape index (κ1) is 22.6. The molecule has 0 aliphatic carbocycles. The number of halogens is 1. The van der Waals surface area contributed by atoms with Gasteiger partial charge >= 0.3 is 5.97 Å². The van der Waals surface area contributed by atoms with Crippen molar-refractivity contribution in [2.24, 2.45) is 0 Å². The second-order valence-corrected chi connectivity index (χ2v) is 7.68. The normalized spacial score (nSPS) is 15.6. The summed E-state index contributed by atoms with van der Waals surface area (Å²) in [5, 5.41) is 1.20. The minimum absolute atomic E-state index is 0.00438. The van der Waals surface area contributed by atoms with Crippen LogP contribution in [-0.2, 0) is 19.1 Å². The molecule has 9 heteroatoms. The van der Waals surface area contributed by atoms with E-state index in [2.05, 4.69) is 5.43 Å². The molecule has 1 atom stereocenters. The number of hydrogen-bond donors (Lipinski definition) is 1. The number of rotatable bonds is 7. The smallest absolute Gasteiger partial charge is 0.347 e. The topological polar surface area (TPSA) is 94.2 Å². The third kappa shape index (κ3) is 4.98. The molecule has 1 aliphatic rings. The Kier molecular flexibility index (Phi) is 7.16. The summed E-state index contributed by atoms with van der Waals surface area (Å²) in [6.45, 7) is 3.56. The van der Waals surface area contributed by atoms with Crippen molar-refractivity contribution >= 4 is 52.1 Å². The van der Waals surface area contributed by atoms with Crippen LogP contribution in [0.4, 0.5) is 5.69 Å². The average Bonchev–Trinajstić information content (AvgIpc) is 3.04. The first-order chi connectivity index (χ1) is 14.8. The summed E-state index contributed by atoms with van der Waals surface area (Å²) < 4.78 is 16.8. The van der Waals surface area contributed by atoms with Crippen LogP contribution in [0.15, 0.2) is 48.0 Å². The lowest BCUT2D eigenvalue weighted by molar-refractivity contribution is -0.150. The molecule has 1 heterocycles. The Morgan fingerprint density at radius 2 is 1.94 bits per heavy atom. The molecule has 8 nitrogen and oxygen atoms in total. The number of carbonyl (C=O) groups is 3. The van der Waals surface area contributed by atoms with Gasteiger partial charge in [0.25, 0.3) is 11.8 Å². The number of carbonyl (C=O) groups excluding carboxylic acids is 3. The first-order valence-corrected chi connectivity index (χ1v) is 10.6. The number of esters is 1. The summed E-state index contributed by atoms with van der Waals surface area (Å²) >= 11 is 2.04. The molecule has 1 N–H and O–H groups in total. The SMILES string of the molecule is CCOC(=O)[C@@H](C)Oc1c(I)cc(/C=C2/C(=O)NN(c3ccccc3)C2=O)cc1OC. The van der Waals surface area contributed by atoms with E-state index in [4.69, 9.17) is 14.2 Å². The van der Waals surface area contributed by atoms with Gasteiger partial charge in [-0.3, -0.25) is 15.0 Å². The van der Waals surface area contributed by atoms with Crippen molar-refractivity contribution in [3.63, 3.8) is 0 Å². The standard InChI is InChI=1S/C22H21IN2O6/c1-4-30-22(28)13(2)31-19-17(23)11-14(12-18(19)29-3)10-16-20(26)24-25(21(16)27)15-8-6-5-7-9-15/h5-13H,4H2,1-3H3,(H,24,26)/b16-10-/t13-/m1/s1. The number of para-hydroxylation sites is 1. The Bertz CT molecular complexity index is 1040. The Morgan fingerprint density at radius 1 is 1.23 bits per heavy atom. The Labute approximate surface area is 193 Å². The van der Waals surface area contributed by atoms with E-state index in [0.717, 1.165) is 0 Å². The number of benzene rings is 2. The van der Waals surface area contributed by atoms with E-state index in [1.54, 1.807) is 50.2 Å². The fourth-order valence-electron chi connectivity index (χ4n) is 2.90. The number of amides is 2. The highest BCUT2D eigenvalue weighted by Gasteiger charge is 2.34. The van der Waals surface area contributed by atoms with Crippen LogP contribution in [0.5, 0.6) is 11.5 Å². The molecule has 1 aliphatic heterocycles. The van der Waals surface area contributed by atoms with Crippen molar-refractivity contribution in [3.05, 3.63) is 57.2 Å². The summed E-state index contributed by atoms with van der Waals surface area (Å²) in [7, 11) is 1.47. The van der Waals surface area contributed by atoms with E-state index in [1.807, 2.05) is 28.7 Å². The molecule has 0 unspecified atom stereocenters. The molecule has 1 fully saturated rings. The van der Waals surface area contributed by atoms with E-state index in [9.17, 15) is 14.4 Å². The van der Waals surface area contributed by atoms with Crippen LogP contribution in [0, 0.1) is 3.57 Å². The minimum atomic E-state index is -0.826.